The summed E-state index contributed by atoms with van der Waals surface area (Å²) in [5.74, 6) is 1.33. The van der Waals surface area contributed by atoms with Crippen molar-refractivity contribution in [3.05, 3.63) is 82.7 Å². The molecule has 3 N–H and O–H groups in total. The number of piperazine rings is 1. The monoisotopic (exact) mass is 394 g/mol. The minimum absolute atomic E-state index is 0.172. The van der Waals surface area contributed by atoms with Gasteiger partial charge in [-0.15, -0.1) is 11.3 Å². The highest BCUT2D eigenvalue weighted by atomic mass is 32.1. The fraction of sp³-hybridized carbons (Fsp3) is 0.273. The van der Waals surface area contributed by atoms with E-state index in [9.17, 15) is 4.79 Å². The Hall–Kier alpha value is -2.70. The van der Waals surface area contributed by atoms with Crippen LogP contribution in [-0.2, 0) is 4.79 Å². The van der Waals surface area contributed by atoms with Gasteiger partial charge in [0.2, 0.25) is 0 Å². The summed E-state index contributed by atoms with van der Waals surface area (Å²) >= 11 is 1.74. The van der Waals surface area contributed by atoms with Crippen LogP contribution in [0.5, 0.6) is 0 Å². The molecule has 144 valence electrons. The Morgan fingerprint density at radius 1 is 1.00 bits per heavy atom. The molecule has 1 fully saturated rings. The van der Waals surface area contributed by atoms with Crippen molar-refractivity contribution in [1.29, 1.82) is 0 Å². The molecule has 0 radical (unpaired) electrons. The summed E-state index contributed by atoms with van der Waals surface area (Å²) in [5.41, 5.74) is 1.24. The zero-order valence-electron chi connectivity index (χ0n) is 15.8. The highest BCUT2D eigenvalue weighted by molar-refractivity contribution is 7.10. The molecule has 0 saturated carbocycles. The summed E-state index contributed by atoms with van der Waals surface area (Å²) in [6.07, 6.45) is 1.94. The third kappa shape index (κ3) is 4.40. The molecule has 1 saturated heterocycles. The Kier molecular flexibility index (Phi) is 5.99. The molecule has 1 atom stereocenters. The van der Waals surface area contributed by atoms with Crippen molar-refractivity contribution in [2.45, 2.75) is 6.04 Å². The SMILES string of the molecule is O=C(C[NH2+][C@@H](c1ccccc1)c1cccs1)N1CCN(c2cccc[nH+]2)CC1. The lowest BCUT2D eigenvalue weighted by atomic mass is 10.1. The van der Waals surface area contributed by atoms with E-state index in [-0.39, 0.29) is 11.9 Å². The van der Waals surface area contributed by atoms with Gasteiger partial charge in [0.25, 0.3) is 11.7 Å². The third-order valence-electron chi connectivity index (χ3n) is 5.20. The first-order valence-corrected chi connectivity index (χ1v) is 10.6. The molecule has 0 spiro atoms. The number of aromatic amines is 1. The van der Waals surface area contributed by atoms with Gasteiger partial charge in [-0.2, -0.15) is 0 Å². The van der Waals surface area contributed by atoms with Gasteiger partial charge in [-0.1, -0.05) is 42.5 Å². The van der Waals surface area contributed by atoms with Crippen LogP contribution in [0.4, 0.5) is 5.82 Å². The maximum atomic E-state index is 12.8. The number of carbonyl (C=O) groups excluding carboxylic acids is 1. The number of thiophene rings is 1. The van der Waals surface area contributed by atoms with E-state index in [4.69, 9.17) is 0 Å². The molecule has 0 aliphatic carbocycles. The first-order valence-electron chi connectivity index (χ1n) is 9.72. The second-order valence-corrected chi connectivity index (χ2v) is 7.94. The molecule has 28 heavy (non-hydrogen) atoms. The van der Waals surface area contributed by atoms with E-state index >= 15 is 0 Å². The Labute approximate surface area is 169 Å². The number of rotatable bonds is 6. The molecule has 1 aliphatic heterocycles. The standard InChI is InChI=1S/C22H24N4OS/c27-21(26-14-12-25(13-15-26)20-10-4-5-11-23-20)17-24-22(19-9-6-16-28-19)18-7-2-1-3-8-18/h1-11,16,22,24H,12-15,17H2/p+2/t22-/m0/s1. The Bertz CT molecular complexity index is 862. The zero-order chi connectivity index (χ0) is 19.2. The number of hydrogen-bond donors (Lipinski definition) is 1. The number of nitrogens with zero attached hydrogens (tertiary/aromatic N) is 2. The van der Waals surface area contributed by atoms with Crippen LogP contribution in [0.2, 0.25) is 0 Å². The number of nitrogens with one attached hydrogen (secondary N) is 1. The van der Waals surface area contributed by atoms with Crippen LogP contribution in [0.25, 0.3) is 0 Å². The molecule has 1 aromatic carbocycles. The number of hydrogen-bond acceptors (Lipinski definition) is 3. The number of aromatic nitrogens is 1. The number of benzene rings is 1. The van der Waals surface area contributed by atoms with Crippen molar-refractivity contribution >= 4 is 23.1 Å². The molecule has 0 unspecified atom stereocenters. The average molecular weight is 395 g/mol. The number of carbonyl (C=O) groups is 1. The summed E-state index contributed by atoms with van der Waals surface area (Å²) in [6.45, 7) is 3.72. The first kappa shape index (κ1) is 18.7. The number of amides is 1. The summed E-state index contributed by atoms with van der Waals surface area (Å²) in [6, 6.07) is 20.9. The molecular weight excluding hydrogens is 368 g/mol. The smallest absolute Gasteiger partial charge is 0.277 e. The third-order valence-corrected chi connectivity index (χ3v) is 6.16. The van der Waals surface area contributed by atoms with Crippen LogP contribution >= 0.6 is 11.3 Å². The van der Waals surface area contributed by atoms with E-state index in [1.54, 1.807) is 11.3 Å². The quantitative estimate of drug-likeness (QED) is 0.690. The van der Waals surface area contributed by atoms with Crippen molar-refractivity contribution in [2.24, 2.45) is 0 Å². The lowest BCUT2D eigenvalue weighted by Gasteiger charge is -2.30. The number of anilines is 1. The molecule has 6 heteroatoms. The van der Waals surface area contributed by atoms with Gasteiger partial charge in [0.05, 0.1) is 24.2 Å². The molecule has 4 rings (SSSR count). The minimum atomic E-state index is 0.172. The van der Waals surface area contributed by atoms with Crippen molar-refractivity contribution in [2.75, 3.05) is 37.6 Å². The number of nitrogens with two attached hydrogens (primary N) is 1. The molecule has 3 heterocycles. The van der Waals surface area contributed by atoms with E-state index in [1.807, 2.05) is 29.3 Å². The highest BCUT2D eigenvalue weighted by Gasteiger charge is 2.28. The van der Waals surface area contributed by atoms with Gasteiger partial charge >= 0.3 is 0 Å². The van der Waals surface area contributed by atoms with Crippen LogP contribution < -0.4 is 15.2 Å². The van der Waals surface area contributed by atoms with Gasteiger partial charge in [-0.3, -0.25) is 9.69 Å². The topological polar surface area (TPSA) is 54.3 Å². The van der Waals surface area contributed by atoms with Gasteiger partial charge in [0, 0.05) is 11.6 Å². The van der Waals surface area contributed by atoms with Gasteiger partial charge < -0.3 is 10.2 Å². The summed E-state index contributed by atoms with van der Waals surface area (Å²) in [7, 11) is 0. The molecule has 5 nitrogen and oxygen atoms in total. The predicted molar refractivity (Wildman–Crippen MR) is 111 cm³/mol. The predicted octanol–water partition coefficient (Wildman–Crippen LogP) is 1.56. The summed E-state index contributed by atoms with van der Waals surface area (Å²) < 4.78 is 0. The Morgan fingerprint density at radius 2 is 1.79 bits per heavy atom. The maximum absolute atomic E-state index is 12.8. The number of pyridine rings is 1. The average Bonchev–Trinajstić information content (AvgIpc) is 3.30. The van der Waals surface area contributed by atoms with Crippen LogP contribution in [0.1, 0.15) is 16.5 Å². The lowest BCUT2D eigenvalue weighted by Crippen LogP contribution is -2.87. The van der Waals surface area contributed by atoms with E-state index in [0.717, 1.165) is 32.0 Å². The van der Waals surface area contributed by atoms with E-state index in [1.165, 1.54) is 10.4 Å². The first-order chi connectivity index (χ1) is 13.8. The van der Waals surface area contributed by atoms with Crippen molar-refractivity contribution in [3.63, 3.8) is 0 Å². The second-order valence-electron chi connectivity index (χ2n) is 6.96. The number of H-pyrrole nitrogens is 1. The van der Waals surface area contributed by atoms with E-state index < -0.39 is 0 Å². The maximum Gasteiger partial charge on any atom is 0.277 e. The van der Waals surface area contributed by atoms with Crippen LogP contribution in [0.3, 0.4) is 0 Å². The highest BCUT2D eigenvalue weighted by Crippen LogP contribution is 2.22. The second kappa shape index (κ2) is 8.99. The van der Waals surface area contributed by atoms with Crippen LogP contribution in [0.15, 0.2) is 72.2 Å². The van der Waals surface area contributed by atoms with Crippen LogP contribution in [0, 0.1) is 0 Å². The fourth-order valence-electron chi connectivity index (χ4n) is 3.67. The minimum Gasteiger partial charge on any atom is -0.330 e. The molecule has 0 bridgehead atoms. The molecular formula is C22H26N4OS+2. The molecule has 1 aliphatic rings. The summed E-state index contributed by atoms with van der Waals surface area (Å²) in [5, 5.41) is 4.27. The molecule has 1 amide bonds. The number of quaternary nitrogens is 1. The van der Waals surface area contributed by atoms with Crippen molar-refractivity contribution in [1.82, 2.24) is 4.90 Å². The molecule has 3 aromatic rings. The fourth-order valence-corrected chi connectivity index (χ4v) is 4.52. The molecule has 2 aromatic heterocycles. The van der Waals surface area contributed by atoms with Gasteiger partial charge in [0.15, 0.2) is 6.54 Å². The lowest BCUT2D eigenvalue weighted by molar-refractivity contribution is -0.676. The van der Waals surface area contributed by atoms with E-state index in [2.05, 4.69) is 63.0 Å². The van der Waals surface area contributed by atoms with Crippen molar-refractivity contribution in [3.8, 4) is 0 Å². The Balaban J connectivity index is 1.34. The zero-order valence-corrected chi connectivity index (χ0v) is 16.6. The summed E-state index contributed by atoms with van der Waals surface area (Å²) in [4.78, 5) is 21.7. The Morgan fingerprint density at radius 3 is 2.46 bits per heavy atom. The normalized spacial score (nSPS) is 15.4. The largest absolute Gasteiger partial charge is 0.330 e. The van der Waals surface area contributed by atoms with Crippen LogP contribution in [-0.4, -0.2) is 43.5 Å². The van der Waals surface area contributed by atoms with Gasteiger partial charge in [0.1, 0.15) is 19.1 Å². The van der Waals surface area contributed by atoms with Gasteiger partial charge in [-0.25, -0.2) is 4.98 Å². The van der Waals surface area contributed by atoms with E-state index in [0.29, 0.717) is 6.54 Å². The van der Waals surface area contributed by atoms with Crippen molar-refractivity contribution < 1.29 is 15.1 Å². The van der Waals surface area contributed by atoms with Gasteiger partial charge in [-0.05, 0) is 17.5 Å².